The van der Waals surface area contributed by atoms with Gasteiger partial charge in [-0.05, 0) is 42.8 Å². The van der Waals surface area contributed by atoms with Crippen LogP contribution in [0.1, 0.15) is 6.92 Å². The highest BCUT2D eigenvalue weighted by Gasteiger charge is 2.13. The van der Waals surface area contributed by atoms with Crippen LogP contribution in [0.25, 0.3) is 0 Å². The van der Waals surface area contributed by atoms with Gasteiger partial charge >= 0.3 is 0 Å². The molecule has 0 aromatic heterocycles. The quantitative estimate of drug-likeness (QED) is 0.487. The molecule has 0 unspecified atom stereocenters. The van der Waals surface area contributed by atoms with Gasteiger partial charge in [-0.2, -0.15) is 0 Å². The molecule has 0 bridgehead atoms. The smallest absolute Gasteiger partial charge is 0.183 e. The van der Waals surface area contributed by atoms with E-state index in [1.165, 1.54) is 6.08 Å². The molecule has 1 aliphatic carbocycles. The second-order valence-corrected chi connectivity index (χ2v) is 6.05. The van der Waals surface area contributed by atoms with E-state index in [4.69, 9.17) is 15.9 Å². The minimum absolute atomic E-state index is 0.0755. The lowest BCUT2D eigenvalue weighted by atomic mass is 10.0. The number of aliphatic hydroxyl groups is 2. The van der Waals surface area contributed by atoms with Crippen molar-refractivity contribution in [3.05, 3.63) is 47.7 Å². The van der Waals surface area contributed by atoms with E-state index in [0.717, 1.165) is 17.9 Å². The monoisotopic (exact) mass is 358 g/mol. The van der Waals surface area contributed by atoms with Crippen molar-refractivity contribution in [2.24, 2.45) is 10.7 Å². The molecule has 140 valence electrons. The lowest BCUT2D eigenvalue weighted by molar-refractivity contribution is -0.111. The molecule has 1 aromatic rings. The normalized spacial score (nSPS) is 16.0. The zero-order chi connectivity index (χ0) is 18.9. The number of nitrogens with zero attached hydrogens (tertiary/aromatic N) is 2. The summed E-state index contributed by atoms with van der Waals surface area (Å²) >= 11 is 0. The molecule has 0 amide bonds. The number of hydrogen-bond donors (Lipinski definition) is 4. The molecular formula is C19H26N4O3. The molecule has 1 aliphatic rings. The molecule has 0 aliphatic heterocycles. The van der Waals surface area contributed by atoms with Crippen molar-refractivity contribution in [3.63, 3.8) is 0 Å². The number of carbonyl (C=O) groups excluding carboxylic acids is 1. The number of aliphatic imine (C=N–C) groups is 1. The summed E-state index contributed by atoms with van der Waals surface area (Å²) in [5, 5.41) is 21.3. The average molecular weight is 358 g/mol. The van der Waals surface area contributed by atoms with Gasteiger partial charge in [-0.1, -0.05) is 0 Å². The number of hydrogen-bond acceptors (Lipinski definition) is 7. The van der Waals surface area contributed by atoms with Crippen molar-refractivity contribution in [3.8, 4) is 0 Å². The van der Waals surface area contributed by atoms with Crippen molar-refractivity contribution in [2.75, 3.05) is 44.7 Å². The number of rotatable bonds is 9. The Hall–Kier alpha value is -2.48. The fraction of sp³-hybridized carbons (Fsp3) is 0.368. The third-order valence-electron chi connectivity index (χ3n) is 4.03. The summed E-state index contributed by atoms with van der Waals surface area (Å²) < 4.78 is 0. The van der Waals surface area contributed by atoms with Crippen molar-refractivity contribution in [1.29, 1.82) is 0 Å². The first-order valence-corrected chi connectivity index (χ1v) is 8.60. The fourth-order valence-electron chi connectivity index (χ4n) is 2.55. The third-order valence-corrected chi connectivity index (χ3v) is 4.03. The van der Waals surface area contributed by atoms with Gasteiger partial charge in [0.05, 0.1) is 30.3 Å². The summed E-state index contributed by atoms with van der Waals surface area (Å²) in [6, 6.07) is 7.60. The number of nitrogens with one attached hydrogen (secondary N) is 1. The predicted molar refractivity (Wildman–Crippen MR) is 104 cm³/mol. The minimum Gasteiger partial charge on any atom is -0.397 e. The van der Waals surface area contributed by atoms with Crippen LogP contribution >= 0.6 is 0 Å². The van der Waals surface area contributed by atoms with Crippen molar-refractivity contribution in [2.45, 2.75) is 6.92 Å². The lowest BCUT2D eigenvalue weighted by Gasteiger charge is -2.20. The van der Waals surface area contributed by atoms with Crippen LogP contribution in [-0.4, -0.2) is 66.0 Å². The maximum atomic E-state index is 11.6. The summed E-state index contributed by atoms with van der Waals surface area (Å²) in [6.45, 7) is 4.41. The Kier molecular flexibility index (Phi) is 7.53. The van der Waals surface area contributed by atoms with E-state index in [1.54, 1.807) is 13.0 Å². The number of aliphatic hydroxyl groups excluding tert-OH is 2. The SMILES string of the molecule is CC1=CC(=Nc2ccc(NCCN(CCO)CCO)cc2)C(N)=CC1=O. The lowest BCUT2D eigenvalue weighted by Crippen LogP contribution is -2.34. The number of anilines is 1. The van der Waals surface area contributed by atoms with Gasteiger partial charge in [0, 0.05) is 37.9 Å². The largest absolute Gasteiger partial charge is 0.397 e. The van der Waals surface area contributed by atoms with Gasteiger partial charge in [0.15, 0.2) is 5.78 Å². The first kappa shape index (κ1) is 19.8. The molecule has 0 saturated heterocycles. The van der Waals surface area contributed by atoms with Crippen LogP contribution in [0.2, 0.25) is 0 Å². The van der Waals surface area contributed by atoms with Gasteiger partial charge in [-0.3, -0.25) is 9.69 Å². The molecule has 0 heterocycles. The number of ketones is 1. The number of nitrogens with two attached hydrogens (primary N) is 1. The Labute approximate surface area is 153 Å². The van der Waals surface area contributed by atoms with E-state index in [0.29, 0.717) is 36.6 Å². The highest BCUT2D eigenvalue weighted by atomic mass is 16.3. The second kappa shape index (κ2) is 9.86. The number of carbonyl (C=O) groups is 1. The van der Waals surface area contributed by atoms with Crippen LogP contribution in [0.3, 0.4) is 0 Å². The van der Waals surface area contributed by atoms with E-state index >= 15 is 0 Å². The highest BCUT2D eigenvalue weighted by Crippen LogP contribution is 2.19. The van der Waals surface area contributed by atoms with Crippen LogP contribution in [0.15, 0.2) is 52.7 Å². The average Bonchev–Trinajstić information content (AvgIpc) is 2.61. The molecule has 2 rings (SSSR count). The van der Waals surface area contributed by atoms with Crippen LogP contribution < -0.4 is 11.1 Å². The maximum Gasteiger partial charge on any atom is 0.183 e. The molecule has 5 N–H and O–H groups in total. The number of benzene rings is 1. The maximum absolute atomic E-state index is 11.6. The van der Waals surface area contributed by atoms with E-state index in [1.807, 2.05) is 29.2 Å². The zero-order valence-electron chi connectivity index (χ0n) is 15.0. The molecule has 7 heteroatoms. The van der Waals surface area contributed by atoms with Crippen molar-refractivity contribution in [1.82, 2.24) is 4.90 Å². The van der Waals surface area contributed by atoms with Gasteiger partial charge in [-0.15, -0.1) is 0 Å². The first-order valence-electron chi connectivity index (χ1n) is 8.60. The summed E-state index contributed by atoms with van der Waals surface area (Å²) in [5.41, 5.74) is 9.15. The first-order chi connectivity index (χ1) is 12.5. The van der Waals surface area contributed by atoms with Crippen LogP contribution in [0.4, 0.5) is 11.4 Å². The fourth-order valence-corrected chi connectivity index (χ4v) is 2.55. The van der Waals surface area contributed by atoms with E-state index < -0.39 is 0 Å². The van der Waals surface area contributed by atoms with Crippen molar-refractivity contribution < 1.29 is 15.0 Å². The van der Waals surface area contributed by atoms with Gasteiger partial charge in [0.1, 0.15) is 0 Å². The Bertz CT molecular complexity index is 702. The topological polar surface area (TPSA) is 111 Å². The molecule has 0 atom stereocenters. The van der Waals surface area contributed by atoms with E-state index in [9.17, 15) is 4.79 Å². The van der Waals surface area contributed by atoms with Gasteiger partial charge in [0.25, 0.3) is 0 Å². The van der Waals surface area contributed by atoms with Crippen molar-refractivity contribution >= 4 is 22.9 Å². The summed E-state index contributed by atoms with van der Waals surface area (Å²) in [6.07, 6.45) is 3.09. The Balaban J connectivity index is 1.93. The second-order valence-electron chi connectivity index (χ2n) is 6.05. The third kappa shape index (κ3) is 5.80. The Morgan fingerprint density at radius 1 is 1.08 bits per heavy atom. The van der Waals surface area contributed by atoms with E-state index in [-0.39, 0.29) is 19.0 Å². The van der Waals surface area contributed by atoms with Crippen LogP contribution in [-0.2, 0) is 4.79 Å². The summed E-state index contributed by atoms with van der Waals surface area (Å²) in [5.74, 6) is -0.0857. The van der Waals surface area contributed by atoms with Gasteiger partial charge in [0.2, 0.25) is 0 Å². The highest BCUT2D eigenvalue weighted by molar-refractivity contribution is 6.21. The molecule has 7 nitrogen and oxygen atoms in total. The standard InChI is InChI=1S/C19H26N4O3/c1-14-12-18(17(20)13-19(14)26)22-16-4-2-15(3-5-16)21-6-7-23(8-10-24)9-11-25/h2-5,12-13,21,24-25H,6-11,20H2,1H3. The molecule has 0 fully saturated rings. The molecule has 0 spiro atoms. The molecule has 1 aromatic carbocycles. The van der Waals surface area contributed by atoms with Crippen LogP contribution in [0, 0.1) is 0 Å². The Morgan fingerprint density at radius 3 is 2.35 bits per heavy atom. The van der Waals surface area contributed by atoms with Crippen LogP contribution in [0.5, 0.6) is 0 Å². The summed E-state index contributed by atoms with van der Waals surface area (Å²) in [4.78, 5) is 18.0. The molecule has 26 heavy (non-hydrogen) atoms. The minimum atomic E-state index is -0.0857. The van der Waals surface area contributed by atoms with Gasteiger partial charge < -0.3 is 21.3 Å². The van der Waals surface area contributed by atoms with Gasteiger partial charge in [-0.25, -0.2) is 4.99 Å². The van der Waals surface area contributed by atoms with E-state index in [2.05, 4.69) is 10.3 Å². The molecule has 0 radical (unpaired) electrons. The summed E-state index contributed by atoms with van der Waals surface area (Å²) in [7, 11) is 0. The Morgan fingerprint density at radius 2 is 1.73 bits per heavy atom. The zero-order valence-corrected chi connectivity index (χ0v) is 15.0. The predicted octanol–water partition coefficient (Wildman–Crippen LogP) is 0.829. The number of allylic oxidation sites excluding steroid dienone is 3. The molecular weight excluding hydrogens is 332 g/mol. The molecule has 0 saturated carbocycles.